The first-order chi connectivity index (χ1) is 15.1. The van der Waals surface area contributed by atoms with Gasteiger partial charge in [0.25, 0.3) is 0 Å². The smallest absolute Gasteiger partial charge is 0.246 e. The van der Waals surface area contributed by atoms with Crippen LogP contribution in [0.15, 0.2) is 55.4 Å². The van der Waals surface area contributed by atoms with Gasteiger partial charge in [-0.3, -0.25) is 4.79 Å². The fourth-order valence-corrected chi connectivity index (χ4v) is 5.03. The summed E-state index contributed by atoms with van der Waals surface area (Å²) in [4.78, 5) is 25.3. The Hall–Kier alpha value is -3.41. The van der Waals surface area contributed by atoms with Gasteiger partial charge in [0, 0.05) is 43.1 Å². The molecule has 2 aliphatic rings. The Bertz CT molecular complexity index is 1150. The average molecular weight is 414 g/mol. The first kappa shape index (κ1) is 19.5. The van der Waals surface area contributed by atoms with Gasteiger partial charge in [-0.15, -0.1) is 0 Å². The minimum Gasteiger partial charge on any atom is -0.399 e. The zero-order chi connectivity index (χ0) is 21.4. The number of anilines is 2. The Morgan fingerprint density at radius 3 is 2.74 bits per heavy atom. The maximum atomic E-state index is 11.9. The third-order valence-electron chi connectivity index (χ3n) is 6.62. The molecule has 158 valence electrons. The second kappa shape index (κ2) is 8.02. The van der Waals surface area contributed by atoms with Crippen LogP contribution < -0.4 is 10.6 Å². The van der Waals surface area contributed by atoms with Crippen LogP contribution in [-0.2, 0) is 17.6 Å². The third-order valence-corrected chi connectivity index (χ3v) is 6.62. The Balaban J connectivity index is 1.40. The number of nitrogens with two attached hydrogens (primary N) is 1. The zero-order valence-electron chi connectivity index (χ0n) is 17.6. The maximum absolute atomic E-state index is 11.9. The number of nitrogen functional groups attached to an aromatic ring is 1. The van der Waals surface area contributed by atoms with Crippen molar-refractivity contribution in [3.05, 3.63) is 72.2 Å². The Morgan fingerprint density at radius 1 is 1.13 bits per heavy atom. The fourth-order valence-electron chi connectivity index (χ4n) is 5.03. The lowest BCUT2D eigenvalue weighted by molar-refractivity contribution is -0.126. The van der Waals surface area contributed by atoms with Crippen molar-refractivity contribution in [2.75, 3.05) is 36.8 Å². The van der Waals surface area contributed by atoms with E-state index in [9.17, 15) is 4.79 Å². The van der Waals surface area contributed by atoms with Crippen molar-refractivity contribution in [3.8, 4) is 0 Å². The Kier molecular flexibility index (Phi) is 5.06. The van der Waals surface area contributed by atoms with Crippen LogP contribution in [0.1, 0.15) is 29.2 Å². The average Bonchev–Trinajstić information content (AvgIpc) is 2.82. The van der Waals surface area contributed by atoms with Crippen LogP contribution in [0.2, 0.25) is 0 Å². The van der Waals surface area contributed by atoms with Crippen LogP contribution in [0.3, 0.4) is 0 Å². The Morgan fingerprint density at radius 2 is 1.94 bits per heavy atom. The van der Waals surface area contributed by atoms with Crippen molar-refractivity contribution in [3.63, 3.8) is 0 Å². The van der Waals surface area contributed by atoms with E-state index in [0.29, 0.717) is 19.0 Å². The molecule has 0 radical (unpaired) electrons. The predicted molar refractivity (Wildman–Crippen MR) is 124 cm³/mol. The molecule has 1 amide bonds. The van der Waals surface area contributed by atoms with E-state index < -0.39 is 0 Å². The molecule has 2 aromatic carbocycles. The van der Waals surface area contributed by atoms with E-state index in [1.807, 2.05) is 11.0 Å². The largest absolute Gasteiger partial charge is 0.399 e. The van der Waals surface area contributed by atoms with E-state index >= 15 is 0 Å². The summed E-state index contributed by atoms with van der Waals surface area (Å²) in [6.45, 7) is 6.55. The second-order valence-corrected chi connectivity index (χ2v) is 8.41. The molecule has 6 heteroatoms. The highest BCUT2D eigenvalue weighted by atomic mass is 16.2. The summed E-state index contributed by atoms with van der Waals surface area (Å²) < 4.78 is 0. The molecule has 31 heavy (non-hydrogen) atoms. The molecule has 5 rings (SSSR count). The summed E-state index contributed by atoms with van der Waals surface area (Å²) in [7, 11) is 0. The van der Waals surface area contributed by atoms with Gasteiger partial charge in [-0.25, -0.2) is 9.97 Å². The minimum atomic E-state index is 0.00145. The number of fused-ring (bicyclic) bond motifs is 2. The van der Waals surface area contributed by atoms with Gasteiger partial charge >= 0.3 is 0 Å². The topological polar surface area (TPSA) is 75.4 Å². The molecule has 0 bridgehead atoms. The number of hydrogen-bond acceptors (Lipinski definition) is 5. The molecule has 0 spiro atoms. The predicted octanol–water partition coefficient (Wildman–Crippen LogP) is 3.32. The van der Waals surface area contributed by atoms with Crippen LogP contribution in [0.25, 0.3) is 10.8 Å². The number of piperazine rings is 1. The molecule has 2 N–H and O–H groups in total. The standard InChI is InChI=1S/C25H27N5O/c1-2-24(31)29-9-11-30(12-10-29)25-21-8-7-18(14-23(21)27-16-28-25)22-15-19(26)13-17-5-3-4-6-20(17)22/h2-6,13,15-16,18H,1,7-12,14,26H2. The SMILES string of the molecule is C=CC(=O)N1CCN(c2ncnc3c2CCC(c2cc(N)cc4ccccc24)C3)CC1. The van der Waals surface area contributed by atoms with Gasteiger partial charge in [-0.1, -0.05) is 30.8 Å². The molecule has 2 heterocycles. The van der Waals surface area contributed by atoms with Gasteiger partial charge < -0.3 is 15.5 Å². The molecule has 1 atom stereocenters. The van der Waals surface area contributed by atoms with Crippen molar-refractivity contribution in [1.29, 1.82) is 0 Å². The molecular formula is C25H27N5O. The molecule has 1 saturated heterocycles. The van der Waals surface area contributed by atoms with Gasteiger partial charge in [0.05, 0.1) is 0 Å². The van der Waals surface area contributed by atoms with Crippen molar-refractivity contribution < 1.29 is 4.79 Å². The number of benzene rings is 2. The van der Waals surface area contributed by atoms with E-state index in [1.54, 1.807) is 6.33 Å². The van der Waals surface area contributed by atoms with Gasteiger partial charge in [-0.05, 0) is 59.7 Å². The number of carbonyl (C=O) groups excluding carboxylic acids is 1. The molecule has 1 fully saturated rings. The van der Waals surface area contributed by atoms with E-state index in [2.05, 4.69) is 51.8 Å². The quantitative estimate of drug-likeness (QED) is 0.527. The maximum Gasteiger partial charge on any atom is 0.246 e. The highest BCUT2D eigenvalue weighted by Crippen LogP contribution is 2.38. The minimum absolute atomic E-state index is 0.00145. The van der Waals surface area contributed by atoms with Crippen molar-refractivity contribution in [2.24, 2.45) is 0 Å². The van der Waals surface area contributed by atoms with Crippen molar-refractivity contribution in [1.82, 2.24) is 14.9 Å². The van der Waals surface area contributed by atoms with Crippen molar-refractivity contribution in [2.45, 2.75) is 25.2 Å². The number of rotatable bonds is 3. The van der Waals surface area contributed by atoms with Crippen LogP contribution in [0.4, 0.5) is 11.5 Å². The van der Waals surface area contributed by atoms with Crippen molar-refractivity contribution >= 4 is 28.2 Å². The van der Waals surface area contributed by atoms with Gasteiger partial charge in [0.1, 0.15) is 12.1 Å². The first-order valence-corrected chi connectivity index (χ1v) is 10.9. The lowest BCUT2D eigenvalue weighted by Gasteiger charge is -2.37. The normalized spacial score (nSPS) is 18.6. The van der Waals surface area contributed by atoms with Gasteiger partial charge in [0.2, 0.25) is 5.91 Å². The van der Waals surface area contributed by atoms with E-state index in [4.69, 9.17) is 5.73 Å². The molecule has 3 aromatic rings. The summed E-state index contributed by atoms with van der Waals surface area (Å²) in [5.41, 5.74) is 10.8. The monoisotopic (exact) mass is 413 g/mol. The number of nitrogens with zero attached hydrogens (tertiary/aromatic N) is 4. The van der Waals surface area contributed by atoms with Crippen LogP contribution in [0.5, 0.6) is 0 Å². The summed E-state index contributed by atoms with van der Waals surface area (Å²) >= 11 is 0. The van der Waals surface area contributed by atoms with Crippen LogP contribution in [0, 0.1) is 0 Å². The van der Waals surface area contributed by atoms with Gasteiger partial charge in [0.15, 0.2) is 0 Å². The summed E-state index contributed by atoms with van der Waals surface area (Å²) in [5, 5.41) is 2.47. The summed E-state index contributed by atoms with van der Waals surface area (Å²) in [6.07, 6.45) is 5.98. The number of hydrogen-bond donors (Lipinski definition) is 1. The number of aromatic nitrogens is 2. The molecule has 1 aliphatic carbocycles. The molecule has 1 aliphatic heterocycles. The second-order valence-electron chi connectivity index (χ2n) is 8.41. The highest BCUT2D eigenvalue weighted by Gasteiger charge is 2.28. The first-order valence-electron chi connectivity index (χ1n) is 10.9. The van der Waals surface area contributed by atoms with Gasteiger partial charge in [-0.2, -0.15) is 0 Å². The zero-order valence-corrected chi connectivity index (χ0v) is 17.6. The Labute approximate surface area is 182 Å². The molecule has 6 nitrogen and oxygen atoms in total. The number of amides is 1. The van der Waals surface area contributed by atoms with E-state index in [1.165, 1.54) is 28.0 Å². The van der Waals surface area contributed by atoms with E-state index in [0.717, 1.165) is 49.6 Å². The summed E-state index contributed by atoms with van der Waals surface area (Å²) in [6, 6.07) is 12.7. The molecule has 1 unspecified atom stereocenters. The molecule has 0 saturated carbocycles. The van der Waals surface area contributed by atoms with E-state index in [-0.39, 0.29) is 5.91 Å². The fraction of sp³-hybridized carbons (Fsp3) is 0.320. The lowest BCUT2D eigenvalue weighted by atomic mass is 9.80. The molecule has 1 aromatic heterocycles. The highest BCUT2D eigenvalue weighted by molar-refractivity contribution is 5.89. The number of carbonyl (C=O) groups is 1. The van der Waals surface area contributed by atoms with Crippen LogP contribution in [-0.4, -0.2) is 47.0 Å². The molecular weight excluding hydrogens is 386 g/mol. The lowest BCUT2D eigenvalue weighted by Crippen LogP contribution is -2.49. The third kappa shape index (κ3) is 3.63. The summed E-state index contributed by atoms with van der Waals surface area (Å²) in [5.74, 6) is 1.43. The van der Waals surface area contributed by atoms with Crippen LogP contribution >= 0.6 is 0 Å².